The molecular formula is C26H32N2O4S. The lowest BCUT2D eigenvalue weighted by atomic mass is 10.2. The van der Waals surface area contributed by atoms with Crippen LogP contribution in [0.4, 0.5) is 0 Å². The van der Waals surface area contributed by atoms with Crippen molar-refractivity contribution in [3.8, 4) is 0 Å². The highest BCUT2D eigenvalue weighted by molar-refractivity contribution is 7.88. The predicted molar refractivity (Wildman–Crippen MR) is 130 cm³/mol. The van der Waals surface area contributed by atoms with Crippen LogP contribution in [0.25, 0.3) is 0 Å². The minimum atomic E-state index is -3.68. The van der Waals surface area contributed by atoms with Crippen molar-refractivity contribution in [2.75, 3.05) is 13.1 Å². The molecule has 0 aliphatic rings. The summed E-state index contributed by atoms with van der Waals surface area (Å²) in [6.07, 6.45) is 0. The van der Waals surface area contributed by atoms with Gasteiger partial charge in [-0.05, 0) is 36.1 Å². The summed E-state index contributed by atoms with van der Waals surface area (Å²) in [5.41, 5.74) is 1.67. The number of nitrogens with zero attached hydrogens (tertiary/aromatic N) is 2. The van der Waals surface area contributed by atoms with Crippen LogP contribution in [-0.4, -0.2) is 36.6 Å². The van der Waals surface area contributed by atoms with Crippen LogP contribution in [-0.2, 0) is 33.7 Å². The second-order valence-corrected chi connectivity index (χ2v) is 10.6. The molecule has 1 amide bonds. The second kappa shape index (κ2) is 11.3. The van der Waals surface area contributed by atoms with Crippen LogP contribution in [0.5, 0.6) is 0 Å². The summed E-state index contributed by atoms with van der Waals surface area (Å²) in [7, 11) is -3.68. The molecular weight excluding hydrogens is 436 g/mol. The molecule has 33 heavy (non-hydrogen) atoms. The van der Waals surface area contributed by atoms with Crippen molar-refractivity contribution < 1.29 is 17.6 Å². The first-order valence-corrected chi connectivity index (χ1v) is 12.7. The van der Waals surface area contributed by atoms with Gasteiger partial charge in [-0.2, -0.15) is 4.31 Å². The Morgan fingerprint density at radius 3 is 2.03 bits per heavy atom. The molecule has 6 nitrogen and oxygen atoms in total. The van der Waals surface area contributed by atoms with Gasteiger partial charge in [0.05, 0.1) is 18.8 Å². The smallest absolute Gasteiger partial charge is 0.238 e. The number of aryl methyl sites for hydroxylation is 1. The van der Waals surface area contributed by atoms with E-state index in [9.17, 15) is 13.2 Å². The van der Waals surface area contributed by atoms with E-state index in [0.717, 1.165) is 11.3 Å². The maximum atomic E-state index is 13.4. The van der Waals surface area contributed by atoms with E-state index >= 15 is 0 Å². The highest BCUT2D eigenvalue weighted by Crippen LogP contribution is 2.17. The van der Waals surface area contributed by atoms with Crippen LogP contribution in [0.3, 0.4) is 0 Å². The average Bonchev–Trinajstić information content (AvgIpc) is 3.18. The van der Waals surface area contributed by atoms with E-state index in [1.54, 1.807) is 17.0 Å². The number of carbonyl (C=O) groups is 1. The Bertz CT molecular complexity index is 1130. The first-order valence-electron chi connectivity index (χ1n) is 11.1. The molecule has 1 heterocycles. The lowest BCUT2D eigenvalue weighted by Crippen LogP contribution is -2.44. The zero-order valence-corrected chi connectivity index (χ0v) is 20.3. The number of rotatable bonds is 11. The van der Waals surface area contributed by atoms with Gasteiger partial charge in [-0.1, -0.05) is 74.5 Å². The highest BCUT2D eigenvalue weighted by Gasteiger charge is 2.28. The molecule has 0 saturated carbocycles. The molecule has 0 unspecified atom stereocenters. The summed E-state index contributed by atoms with van der Waals surface area (Å²) < 4.78 is 33.5. The number of furan rings is 1. The number of carbonyl (C=O) groups excluding carboxylic acids is 1. The van der Waals surface area contributed by atoms with Crippen molar-refractivity contribution in [1.29, 1.82) is 0 Å². The number of amides is 1. The molecule has 0 saturated heterocycles. The van der Waals surface area contributed by atoms with Crippen molar-refractivity contribution in [1.82, 2.24) is 9.21 Å². The summed E-state index contributed by atoms with van der Waals surface area (Å²) in [6, 6.07) is 22.4. The SMILES string of the molecule is Cc1ccc(CN(Cc2ccccc2)C(=O)CN(CC(C)C)S(=O)(=O)Cc2ccccc2)o1. The fourth-order valence-corrected chi connectivity index (χ4v) is 5.23. The Morgan fingerprint density at radius 2 is 1.48 bits per heavy atom. The van der Waals surface area contributed by atoms with E-state index in [2.05, 4.69) is 0 Å². The lowest BCUT2D eigenvalue weighted by Gasteiger charge is -2.28. The zero-order valence-electron chi connectivity index (χ0n) is 19.5. The van der Waals surface area contributed by atoms with Crippen molar-refractivity contribution in [2.45, 2.75) is 39.6 Å². The molecule has 0 aliphatic carbocycles. The Labute approximate surface area is 196 Å². The molecule has 7 heteroatoms. The largest absolute Gasteiger partial charge is 0.464 e. The van der Waals surface area contributed by atoms with E-state index < -0.39 is 10.0 Å². The number of hydrogen-bond donors (Lipinski definition) is 0. The molecule has 1 aromatic heterocycles. The minimum Gasteiger partial charge on any atom is -0.464 e. The first kappa shape index (κ1) is 24.7. The lowest BCUT2D eigenvalue weighted by molar-refractivity contribution is -0.133. The summed E-state index contributed by atoms with van der Waals surface area (Å²) in [5, 5.41) is 0. The van der Waals surface area contributed by atoms with Crippen molar-refractivity contribution in [3.63, 3.8) is 0 Å². The van der Waals surface area contributed by atoms with Gasteiger partial charge in [-0.3, -0.25) is 4.79 Å². The molecule has 0 aliphatic heterocycles. The number of sulfonamides is 1. The average molecular weight is 469 g/mol. The van der Waals surface area contributed by atoms with Gasteiger partial charge >= 0.3 is 0 Å². The topological polar surface area (TPSA) is 70.8 Å². The maximum Gasteiger partial charge on any atom is 0.238 e. The van der Waals surface area contributed by atoms with Crippen LogP contribution in [0.1, 0.15) is 36.5 Å². The summed E-state index contributed by atoms with van der Waals surface area (Å²) >= 11 is 0. The van der Waals surface area contributed by atoms with Gasteiger partial charge < -0.3 is 9.32 Å². The Kier molecular flexibility index (Phi) is 8.47. The predicted octanol–water partition coefficient (Wildman–Crippen LogP) is 4.60. The van der Waals surface area contributed by atoms with E-state index in [1.807, 2.05) is 81.4 Å². The summed E-state index contributed by atoms with van der Waals surface area (Å²) in [4.78, 5) is 15.1. The standard InChI is InChI=1S/C26H32N2O4S/c1-21(2)16-28(33(30,31)20-24-12-8-5-9-13-24)19-26(29)27(17-23-10-6-4-7-11-23)18-25-15-14-22(3)32-25/h4-15,21H,16-20H2,1-3H3. The monoisotopic (exact) mass is 468 g/mol. The molecule has 0 bridgehead atoms. The van der Waals surface area contributed by atoms with Crippen LogP contribution in [0.2, 0.25) is 0 Å². The molecule has 176 valence electrons. The van der Waals surface area contributed by atoms with Gasteiger partial charge in [0.2, 0.25) is 15.9 Å². The van der Waals surface area contributed by atoms with Gasteiger partial charge in [0.25, 0.3) is 0 Å². The maximum absolute atomic E-state index is 13.4. The fraction of sp³-hybridized carbons (Fsp3) is 0.346. The molecule has 0 fully saturated rings. The molecule has 0 spiro atoms. The van der Waals surface area contributed by atoms with E-state index in [0.29, 0.717) is 17.9 Å². The normalized spacial score (nSPS) is 11.8. The third-order valence-corrected chi connectivity index (χ3v) is 6.94. The Balaban J connectivity index is 1.82. The fourth-order valence-electron chi connectivity index (χ4n) is 3.61. The van der Waals surface area contributed by atoms with Gasteiger partial charge in [0.15, 0.2) is 0 Å². The van der Waals surface area contributed by atoms with Crippen LogP contribution < -0.4 is 0 Å². The van der Waals surface area contributed by atoms with Crippen molar-refractivity contribution in [3.05, 3.63) is 95.4 Å². The first-order chi connectivity index (χ1) is 15.7. The van der Waals surface area contributed by atoms with Crippen LogP contribution in [0.15, 0.2) is 77.2 Å². The number of hydrogen-bond acceptors (Lipinski definition) is 4. The number of benzene rings is 2. The molecule has 3 rings (SSSR count). The Morgan fingerprint density at radius 1 is 0.879 bits per heavy atom. The second-order valence-electron chi connectivity index (χ2n) is 8.68. The summed E-state index contributed by atoms with van der Waals surface area (Å²) in [6.45, 7) is 6.46. The van der Waals surface area contributed by atoms with Crippen molar-refractivity contribution >= 4 is 15.9 Å². The molecule has 0 atom stereocenters. The van der Waals surface area contributed by atoms with Gasteiger partial charge in [0, 0.05) is 13.1 Å². The molecule has 0 N–H and O–H groups in total. The van der Waals surface area contributed by atoms with Crippen molar-refractivity contribution in [2.24, 2.45) is 5.92 Å². The van der Waals surface area contributed by atoms with Crippen LogP contribution >= 0.6 is 0 Å². The molecule has 2 aromatic carbocycles. The van der Waals surface area contributed by atoms with E-state index in [4.69, 9.17) is 4.42 Å². The molecule has 3 aromatic rings. The Hall–Kier alpha value is -2.90. The zero-order chi connectivity index (χ0) is 23.8. The summed E-state index contributed by atoms with van der Waals surface area (Å²) in [5.74, 6) is 1.12. The van der Waals surface area contributed by atoms with Gasteiger partial charge in [-0.15, -0.1) is 0 Å². The minimum absolute atomic E-state index is 0.0821. The van der Waals surface area contributed by atoms with E-state index in [1.165, 1.54) is 4.31 Å². The highest BCUT2D eigenvalue weighted by atomic mass is 32.2. The van der Waals surface area contributed by atoms with Gasteiger partial charge in [-0.25, -0.2) is 8.42 Å². The third-order valence-electron chi connectivity index (χ3n) is 5.18. The van der Waals surface area contributed by atoms with E-state index in [-0.39, 0.29) is 37.2 Å². The molecule has 0 radical (unpaired) electrons. The van der Waals surface area contributed by atoms with Crippen LogP contribution in [0, 0.1) is 12.8 Å². The quantitative estimate of drug-likeness (QED) is 0.412. The van der Waals surface area contributed by atoms with Gasteiger partial charge in [0.1, 0.15) is 11.5 Å². The third kappa shape index (κ3) is 7.58.